The molecule has 0 saturated heterocycles. The summed E-state index contributed by atoms with van der Waals surface area (Å²) in [5.74, 6) is -3.25. The van der Waals surface area contributed by atoms with Crippen molar-refractivity contribution in [1.82, 2.24) is 0 Å². The molecule has 15 heavy (non-hydrogen) atoms. The van der Waals surface area contributed by atoms with Crippen molar-refractivity contribution in [2.45, 2.75) is 20.8 Å². The molecular formula is C6H13O8Rh. The van der Waals surface area contributed by atoms with Gasteiger partial charge in [-0.3, -0.25) is 0 Å². The van der Waals surface area contributed by atoms with Crippen molar-refractivity contribution in [1.29, 1.82) is 0 Å². The van der Waals surface area contributed by atoms with E-state index in [1.165, 1.54) is 0 Å². The van der Waals surface area contributed by atoms with Crippen LogP contribution in [0.2, 0.25) is 0 Å². The van der Waals surface area contributed by atoms with E-state index >= 15 is 0 Å². The maximum absolute atomic E-state index is 8.89. The first kappa shape index (κ1) is 37.0. The summed E-state index contributed by atoms with van der Waals surface area (Å²) in [4.78, 5) is 26.7. The number of carbonyl (C=O) groups is 3. The van der Waals surface area contributed by atoms with Crippen LogP contribution in [-0.4, -0.2) is 28.9 Å². The SMILES string of the molecule is CC(=O)[O-].CC(=O)[O-].CC(=O)[O-].O.O.[Rh+3]. The first-order valence-electron chi connectivity index (χ1n) is 2.72. The van der Waals surface area contributed by atoms with E-state index in [0.29, 0.717) is 0 Å². The summed E-state index contributed by atoms with van der Waals surface area (Å²) in [6.07, 6.45) is 0. The minimum atomic E-state index is -1.08. The molecule has 0 aliphatic carbocycles. The average molecular weight is 316 g/mol. The van der Waals surface area contributed by atoms with Gasteiger partial charge in [-0.2, -0.15) is 0 Å². The minimum Gasteiger partial charge on any atom is -0.550 e. The van der Waals surface area contributed by atoms with E-state index in [9.17, 15) is 0 Å². The van der Waals surface area contributed by atoms with Gasteiger partial charge in [0.05, 0.1) is 0 Å². The zero-order chi connectivity index (χ0) is 10.7. The van der Waals surface area contributed by atoms with E-state index < -0.39 is 17.9 Å². The molecule has 0 atom stereocenters. The number of carbonyl (C=O) groups excluding carboxylic acids is 3. The van der Waals surface area contributed by atoms with E-state index in [0.717, 1.165) is 20.8 Å². The summed E-state index contributed by atoms with van der Waals surface area (Å²) in [5, 5.41) is 26.7. The zero-order valence-electron chi connectivity index (χ0n) is 8.28. The Morgan fingerprint density at radius 1 is 0.667 bits per heavy atom. The van der Waals surface area contributed by atoms with Crippen LogP contribution in [-0.2, 0) is 33.9 Å². The molecule has 0 aliphatic heterocycles. The number of aliphatic carboxylic acids is 3. The molecule has 0 amide bonds. The molecule has 0 bridgehead atoms. The first-order valence-corrected chi connectivity index (χ1v) is 2.72. The van der Waals surface area contributed by atoms with Gasteiger partial charge in [-0.15, -0.1) is 0 Å². The van der Waals surface area contributed by atoms with Crippen molar-refractivity contribution >= 4 is 17.9 Å². The van der Waals surface area contributed by atoms with Crippen molar-refractivity contribution in [3.05, 3.63) is 0 Å². The van der Waals surface area contributed by atoms with Gasteiger partial charge in [0.15, 0.2) is 0 Å². The number of hydrogen-bond acceptors (Lipinski definition) is 6. The molecule has 0 aromatic rings. The van der Waals surface area contributed by atoms with Crippen molar-refractivity contribution in [3.8, 4) is 0 Å². The molecule has 4 N–H and O–H groups in total. The van der Waals surface area contributed by atoms with Gasteiger partial charge in [0.25, 0.3) is 0 Å². The predicted octanol–water partition coefficient (Wildman–Crippen LogP) is -5.38. The Labute approximate surface area is 99.3 Å². The topological polar surface area (TPSA) is 183 Å². The summed E-state index contributed by atoms with van der Waals surface area (Å²) < 4.78 is 0. The third kappa shape index (κ3) is 1420. The van der Waals surface area contributed by atoms with Gasteiger partial charge in [0, 0.05) is 17.9 Å². The van der Waals surface area contributed by atoms with Crippen LogP contribution in [0.25, 0.3) is 0 Å². The van der Waals surface area contributed by atoms with Crippen LogP contribution in [0.3, 0.4) is 0 Å². The molecule has 0 aromatic heterocycles. The molecule has 8 nitrogen and oxygen atoms in total. The second kappa shape index (κ2) is 29.3. The second-order valence-electron chi connectivity index (χ2n) is 1.47. The number of hydrogen-bond donors (Lipinski definition) is 0. The van der Waals surface area contributed by atoms with Crippen molar-refractivity contribution in [3.63, 3.8) is 0 Å². The Bertz CT molecular complexity index is 117. The van der Waals surface area contributed by atoms with Gasteiger partial charge >= 0.3 is 19.5 Å². The fourth-order valence-electron chi connectivity index (χ4n) is 0. The van der Waals surface area contributed by atoms with Crippen LogP contribution in [0, 0.1) is 0 Å². The van der Waals surface area contributed by atoms with Gasteiger partial charge in [-0.25, -0.2) is 0 Å². The van der Waals surface area contributed by atoms with Crippen molar-refractivity contribution in [2.24, 2.45) is 0 Å². The third-order valence-corrected chi connectivity index (χ3v) is 0. The molecule has 9 heteroatoms. The molecule has 0 heterocycles. The van der Waals surface area contributed by atoms with Crippen LogP contribution >= 0.6 is 0 Å². The van der Waals surface area contributed by atoms with Crippen LogP contribution in [0.15, 0.2) is 0 Å². The Hall–Kier alpha value is -1.05. The first-order chi connectivity index (χ1) is 5.20. The summed E-state index contributed by atoms with van der Waals surface area (Å²) in [7, 11) is 0. The minimum absolute atomic E-state index is 0. The Balaban J connectivity index is -0.0000000184. The van der Waals surface area contributed by atoms with E-state index in [1.807, 2.05) is 0 Å². The van der Waals surface area contributed by atoms with Gasteiger partial charge in [0.2, 0.25) is 0 Å². The average Bonchev–Trinajstić information content (AvgIpc) is 1.54. The molecule has 0 rings (SSSR count). The predicted molar refractivity (Wildman–Crippen MR) is 39.3 cm³/mol. The molecule has 0 fully saturated rings. The number of rotatable bonds is 0. The molecule has 0 radical (unpaired) electrons. The fourth-order valence-corrected chi connectivity index (χ4v) is 0. The summed E-state index contributed by atoms with van der Waals surface area (Å²) in [6.45, 7) is 2.92. The summed E-state index contributed by atoms with van der Waals surface area (Å²) >= 11 is 0. The van der Waals surface area contributed by atoms with Crippen molar-refractivity contribution in [2.75, 3.05) is 0 Å². The molecule has 0 unspecified atom stereocenters. The Kier molecular flexibility index (Phi) is 72.2. The van der Waals surface area contributed by atoms with Gasteiger partial charge in [0.1, 0.15) is 0 Å². The van der Waals surface area contributed by atoms with Crippen molar-refractivity contribution < 1.29 is 60.1 Å². The van der Waals surface area contributed by atoms with Gasteiger partial charge in [-0.05, 0) is 20.8 Å². The summed E-state index contributed by atoms with van der Waals surface area (Å²) in [5.41, 5.74) is 0. The monoisotopic (exact) mass is 316 g/mol. The van der Waals surface area contributed by atoms with Crippen LogP contribution in [0.4, 0.5) is 0 Å². The molecule has 94 valence electrons. The van der Waals surface area contributed by atoms with Crippen LogP contribution < -0.4 is 15.3 Å². The van der Waals surface area contributed by atoms with E-state index in [-0.39, 0.29) is 30.4 Å². The summed E-state index contributed by atoms with van der Waals surface area (Å²) in [6, 6.07) is 0. The molecule has 0 spiro atoms. The van der Waals surface area contributed by atoms with Crippen LogP contribution in [0.1, 0.15) is 20.8 Å². The van der Waals surface area contributed by atoms with Gasteiger partial charge in [-0.1, -0.05) is 0 Å². The molecular weight excluding hydrogens is 303 g/mol. The quantitative estimate of drug-likeness (QED) is 0.401. The smallest absolute Gasteiger partial charge is 0.550 e. The molecule has 0 saturated carbocycles. The maximum Gasteiger partial charge on any atom is 3.00 e. The third-order valence-electron chi connectivity index (χ3n) is 0. The molecule has 0 aliphatic rings. The van der Waals surface area contributed by atoms with Gasteiger partial charge < -0.3 is 40.7 Å². The fraction of sp³-hybridized carbons (Fsp3) is 0.500. The van der Waals surface area contributed by atoms with E-state index in [4.69, 9.17) is 29.7 Å². The Morgan fingerprint density at radius 3 is 0.667 bits per heavy atom. The number of carboxylic acids is 3. The second-order valence-corrected chi connectivity index (χ2v) is 1.47. The zero-order valence-corrected chi connectivity index (χ0v) is 9.92. The standard InChI is InChI=1S/3C2H4O2.2H2O.Rh/c3*1-2(3)4;;;/h3*1H3,(H,3,4);2*1H2;/q;;;;;+3/p-3. The Morgan fingerprint density at radius 2 is 0.667 bits per heavy atom. The molecule has 0 aromatic carbocycles. The largest absolute Gasteiger partial charge is 3.00 e. The number of carboxylic acid groups (broad SMARTS) is 3. The van der Waals surface area contributed by atoms with E-state index in [2.05, 4.69) is 0 Å². The van der Waals surface area contributed by atoms with Crippen LogP contribution in [0.5, 0.6) is 0 Å². The maximum atomic E-state index is 8.89. The van der Waals surface area contributed by atoms with E-state index in [1.54, 1.807) is 0 Å². The normalized spacial score (nSPS) is 5.00.